The number of para-hydroxylation sites is 1. The van der Waals surface area contributed by atoms with E-state index in [9.17, 15) is 9.59 Å². The molecule has 156 valence electrons. The van der Waals surface area contributed by atoms with Crippen LogP contribution in [0.1, 0.15) is 31.9 Å². The third kappa shape index (κ3) is 5.45. The molecule has 2 amide bonds. The number of anilines is 2. The van der Waals surface area contributed by atoms with Crippen LogP contribution < -0.4 is 30.6 Å². The lowest BCUT2D eigenvalue weighted by molar-refractivity contribution is -0.120. The molecule has 0 saturated heterocycles. The predicted molar refractivity (Wildman–Crippen MR) is 112 cm³/mol. The minimum Gasteiger partial charge on any atom is -0.494 e. The number of benzene rings is 2. The quantitative estimate of drug-likeness (QED) is 0.592. The van der Waals surface area contributed by atoms with Crippen LogP contribution in [0.2, 0.25) is 0 Å². The van der Waals surface area contributed by atoms with E-state index < -0.39 is 6.04 Å². The second-order valence-electron chi connectivity index (χ2n) is 6.27. The van der Waals surface area contributed by atoms with Crippen LogP contribution >= 0.6 is 12.4 Å². The molecule has 29 heavy (non-hydrogen) atoms. The summed E-state index contributed by atoms with van der Waals surface area (Å²) in [6.07, 6.45) is 0.0115. The fraction of sp³-hybridized carbons (Fsp3) is 0.300. The minimum absolute atomic E-state index is 0. The van der Waals surface area contributed by atoms with E-state index in [1.165, 1.54) is 6.92 Å². The van der Waals surface area contributed by atoms with Gasteiger partial charge in [0.1, 0.15) is 5.75 Å². The average Bonchev–Trinajstić information content (AvgIpc) is 3.09. The molecule has 2 aromatic carbocycles. The number of hydrogen-bond donors (Lipinski definition) is 3. The van der Waals surface area contributed by atoms with Crippen molar-refractivity contribution in [3.8, 4) is 17.2 Å². The Kier molecular flexibility index (Phi) is 7.55. The molecule has 8 nitrogen and oxygen atoms in total. The van der Waals surface area contributed by atoms with E-state index in [0.717, 1.165) is 5.56 Å². The molecule has 4 N–H and O–H groups in total. The molecule has 0 bridgehead atoms. The van der Waals surface area contributed by atoms with Gasteiger partial charge in [0.05, 0.1) is 30.4 Å². The van der Waals surface area contributed by atoms with E-state index in [2.05, 4.69) is 10.6 Å². The van der Waals surface area contributed by atoms with Crippen molar-refractivity contribution in [2.45, 2.75) is 26.3 Å². The molecule has 1 aliphatic heterocycles. The van der Waals surface area contributed by atoms with Crippen LogP contribution in [-0.2, 0) is 9.59 Å². The number of halogens is 1. The zero-order chi connectivity index (χ0) is 20.1. The largest absolute Gasteiger partial charge is 0.494 e. The second kappa shape index (κ2) is 9.88. The smallest absolute Gasteiger partial charge is 0.231 e. The second-order valence-corrected chi connectivity index (χ2v) is 6.27. The Labute approximate surface area is 175 Å². The van der Waals surface area contributed by atoms with Gasteiger partial charge in [-0.2, -0.15) is 0 Å². The van der Waals surface area contributed by atoms with Gasteiger partial charge in [0, 0.05) is 24.6 Å². The van der Waals surface area contributed by atoms with Crippen molar-refractivity contribution in [3.63, 3.8) is 0 Å². The van der Waals surface area contributed by atoms with Crippen molar-refractivity contribution >= 4 is 35.6 Å². The zero-order valence-electron chi connectivity index (χ0n) is 16.2. The molecular weight excluding hydrogens is 398 g/mol. The number of carbonyl (C=O) groups is 2. The van der Waals surface area contributed by atoms with Gasteiger partial charge in [-0.1, -0.05) is 18.2 Å². The Morgan fingerprint density at radius 1 is 1.21 bits per heavy atom. The molecule has 1 atom stereocenters. The van der Waals surface area contributed by atoms with E-state index in [-0.39, 0.29) is 37.4 Å². The van der Waals surface area contributed by atoms with Crippen molar-refractivity contribution in [1.82, 2.24) is 5.32 Å². The third-order valence-corrected chi connectivity index (χ3v) is 4.18. The van der Waals surface area contributed by atoms with Gasteiger partial charge in [0.25, 0.3) is 0 Å². The van der Waals surface area contributed by atoms with Crippen LogP contribution in [0.5, 0.6) is 17.2 Å². The summed E-state index contributed by atoms with van der Waals surface area (Å²) < 4.78 is 16.2. The number of hydrogen-bond acceptors (Lipinski definition) is 6. The van der Waals surface area contributed by atoms with Gasteiger partial charge in [-0.25, -0.2) is 0 Å². The number of ether oxygens (including phenoxy) is 3. The summed E-state index contributed by atoms with van der Waals surface area (Å²) in [5.74, 6) is 1.13. The highest BCUT2D eigenvalue weighted by molar-refractivity contribution is 5.95. The first-order valence-corrected chi connectivity index (χ1v) is 8.95. The number of fused-ring (bicyclic) bond motifs is 1. The zero-order valence-corrected chi connectivity index (χ0v) is 17.0. The maximum Gasteiger partial charge on any atom is 0.231 e. The lowest BCUT2D eigenvalue weighted by Gasteiger charge is -2.21. The van der Waals surface area contributed by atoms with E-state index in [1.54, 1.807) is 18.2 Å². The summed E-state index contributed by atoms with van der Waals surface area (Å²) >= 11 is 0. The molecule has 0 aliphatic carbocycles. The predicted octanol–water partition coefficient (Wildman–Crippen LogP) is 3.02. The summed E-state index contributed by atoms with van der Waals surface area (Å²) in [5, 5.41) is 5.59. The molecule has 1 aliphatic rings. The summed E-state index contributed by atoms with van der Waals surface area (Å²) in [6, 6.07) is 9.99. The SMILES string of the molecule is CCOc1ccccc1C(CC(=O)Nc1cc2c(cc1N)OCO2)NC(C)=O.Cl. The van der Waals surface area contributed by atoms with Crippen LogP contribution in [0, 0.1) is 0 Å². The van der Waals surface area contributed by atoms with Crippen LogP contribution in [0.15, 0.2) is 36.4 Å². The molecule has 3 rings (SSSR count). The Balaban J connectivity index is 0.00000300. The summed E-state index contributed by atoms with van der Waals surface area (Å²) in [4.78, 5) is 24.4. The molecular formula is C20H24ClN3O5. The van der Waals surface area contributed by atoms with Crippen molar-refractivity contribution in [2.24, 2.45) is 0 Å². The molecule has 0 fully saturated rings. The first-order chi connectivity index (χ1) is 13.5. The third-order valence-electron chi connectivity index (χ3n) is 4.18. The van der Waals surface area contributed by atoms with Gasteiger partial charge < -0.3 is 30.6 Å². The molecule has 9 heteroatoms. The summed E-state index contributed by atoms with van der Waals surface area (Å²) in [7, 11) is 0. The van der Waals surface area contributed by atoms with Crippen molar-refractivity contribution < 1.29 is 23.8 Å². The Hall–Kier alpha value is -3.13. The highest BCUT2D eigenvalue weighted by Crippen LogP contribution is 2.38. The highest BCUT2D eigenvalue weighted by atomic mass is 35.5. The first kappa shape index (κ1) is 22.2. The number of amides is 2. The lowest BCUT2D eigenvalue weighted by Crippen LogP contribution is -2.30. The number of nitrogens with two attached hydrogens (primary N) is 1. The van der Waals surface area contributed by atoms with Gasteiger partial charge in [0.15, 0.2) is 11.5 Å². The van der Waals surface area contributed by atoms with Crippen molar-refractivity contribution in [1.29, 1.82) is 0 Å². The number of rotatable bonds is 7. The molecule has 1 unspecified atom stereocenters. The minimum atomic E-state index is -0.546. The lowest BCUT2D eigenvalue weighted by atomic mass is 10.0. The average molecular weight is 422 g/mol. The van der Waals surface area contributed by atoms with Crippen molar-refractivity contribution in [3.05, 3.63) is 42.0 Å². The van der Waals surface area contributed by atoms with Gasteiger partial charge >= 0.3 is 0 Å². The van der Waals surface area contributed by atoms with Gasteiger partial charge in [0.2, 0.25) is 18.6 Å². The molecule has 0 aromatic heterocycles. The fourth-order valence-electron chi connectivity index (χ4n) is 2.99. The summed E-state index contributed by atoms with van der Waals surface area (Å²) in [6.45, 7) is 3.87. The monoisotopic (exact) mass is 421 g/mol. The molecule has 0 saturated carbocycles. The fourth-order valence-corrected chi connectivity index (χ4v) is 2.99. The maximum atomic E-state index is 12.7. The van der Waals surface area contributed by atoms with E-state index in [1.807, 2.05) is 25.1 Å². The van der Waals surface area contributed by atoms with Crippen molar-refractivity contribution in [2.75, 3.05) is 24.5 Å². The molecule has 2 aromatic rings. The van der Waals surface area contributed by atoms with E-state index in [0.29, 0.717) is 35.2 Å². The standard InChI is InChI=1S/C20H23N3O5.ClH/c1-3-26-17-7-5-4-6-13(17)15(22-12(2)24)10-20(25)23-16-9-19-18(8-14(16)21)27-11-28-19;/h4-9,15H,3,10-11,21H2,1-2H3,(H,22,24)(H,23,25);1H. The van der Waals surface area contributed by atoms with Crippen LogP contribution in [0.3, 0.4) is 0 Å². The number of carbonyl (C=O) groups excluding carboxylic acids is 2. The Bertz CT molecular complexity index is 890. The van der Waals surface area contributed by atoms with E-state index >= 15 is 0 Å². The Morgan fingerprint density at radius 3 is 2.59 bits per heavy atom. The molecule has 1 heterocycles. The number of nitrogens with one attached hydrogen (secondary N) is 2. The highest BCUT2D eigenvalue weighted by Gasteiger charge is 2.22. The Morgan fingerprint density at radius 2 is 1.90 bits per heavy atom. The van der Waals surface area contributed by atoms with Crippen LogP contribution in [0.4, 0.5) is 11.4 Å². The van der Waals surface area contributed by atoms with Crippen LogP contribution in [-0.4, -0.2) is 25.2 Å². The van der Waals surface area contributed by atoms with Gasteiger partial charge in [-0.3, -0.25) is 9.59 Å². The normalized spacial score (nSPS) is 12.5. The van der Waals surface area contributed by atoms with Gasteiger partial charge in [-0.05, 0) is 13.0 Å². The number of nitrogen functional groups attached to an aromatic ring is 1. The topological polar surface area (TPSA) is 112 Å². The molecule has 0 spiro atoms. The maximum absolute atomic E-state index is 12.7. The first-order valence-electron chi connectivity index (χ1n) is 8.95. The van der Waals surface area contributed by atoms with Crippen LogP contribution in [0.25, 0.3) is 0 Å². The summed E-state index contributed by atoms with van der Waals surface area (Å²) in [5.41, 5.74) is 7.51. The van der Waals surface area contributed by atoms with E-state index in [4.69, 9.17) is 19.9 Å². The molecule has 0 radical (unpaired) electrons. The van der Waals surface area contributed by atoms with Gasteiger partial charge in [-0.15, -0.1) is 12.4 Å².